The van der Waals surface area contributed by atoms with Gasteiger partial charge in [0.25, 0.3) is 0 Å². The maximum absolute atomic E-state index is 12.3. The van der Waals surface area contributed by atoms with Gasteiger partial charge in [0, 0.05) is 23.3 Å². The smallest absolute Gasteiger partial charge is 0.321 e. The number of imide groups is 1. The number of nitrogens with one attached hydrogen (secondary N) is 2. The number of amides is 3. The summed E-state index contributed by atoms with van der Waals surface area (Å²) in [4.78, 5) is 23.7. The Balaban J connectivity index is 2.00. The molecule has 0 aliphatic rings. The predicted molar refractivity (Wildman–Crippen MR) is 114 cm³/mol. The molecule has 0 fully saturated rings. The van der Waals surface area contributed by atoms with Crippen LogP contribution in [0.15, 0.2) is 53.7 Å². The zero-order chi connectivity index (χ0) is 21.0. The molecule has 0 saturated carbocycles. The van der Waals surface area contributed by atoms with Gasteiger partial charge in [-0.2, -0.15) is 0 Å². The average Bonchev–Trinajstić information content (AvgIpc) is 3.11. The van der Waals surface area contributed by atoms with Crippen molar-refractivity contribution in [2.24, 2.45) is 0 Å². The molecule has 0 saturated heterocycles. The van der Waals surface area contributed by atoms with Gasteiger partial charge in [0.2, 0.25) is 5.91 Å². The Morgan fingerprint density at radius 2 is 1.86 bits per heavy atom. The van der Waals surface area contributed by atoms with Crippen LogP contribution >= 0.6 is 23.4 Å². The molecule has 3 amide bonds. The summed E-state index contributed by atoms with van der Waals surface area (Å²) in [5.74, 6) is 0.217. The van der Waals surface area contributed by atoms with Gasteiger partial charge in [0.1, 0.15) is 0 Å². The lowest BCUT2D eigenvalue weighted by Crippen LogP contribution is -2.41. The molecule has 0 spiro atoms. The number of rotatable bonds is 5. The van der Waals surface area contributed by atoms with Gasteiger partial charge in [-0.05, 0) is 55.8 Å². The van der Waals surface area contributed by atoms with Gasteiger partial charge in [-0.3, -0.25) is 14.7 Å². The SMILES string of the molecule is CNC(=O)NC(=O)C(C)Sc1nnc(-c2ccc(Cl)cc2)n1-c1cccc(C)c1. The number of halogens is 1. The van der Waals surface area contributed by atoms with Crippen LogP contribution < -0.4 is 10.6 Å². The van der Waals surface area contributed by atoms with E-state index < -0.39 is 17.2 Å². The zero-order valence-electron chi connectivity index (χ0n) is 16.1. The van der Waals surface area contributed by atoms with E-state index in [4.69, 9.17) is 11.6 Å². The number of nitrogens with zero attached hydrogens (tertiary/aromatic N) is 3. The Bertz CT molecular complexity index is 1040. The summed E-state index contributed by atoms with van der Waals surface area (Å²) in [5, 5.41) is 13.9. The highest BCUT2D eigenvalue weighted by Crippen LogP contribution is 2.31. The molecule has 1 heterocycles. The fourth-order valence-corrected chi connectivity index (χ4v) is 3.61. The number of carbonyl (C=O) groups is 2. The molecule has 2 N–H and O–H groups in total. The van der Waals surface area contributed by atoms with E-state index >= 15 is 0 Å². The van der Waals surface area contributed by atoms with Crippen molar-refractivity contribution in [1.29, 1.82) is 0 Å². The van der Waals surface area contributed by atoms with Crippen LogP contribution in [0.5, 0.6) is 0 Å². The second-order valence-corrected chi connectivity index (χ2v) is 8.06. The summed E-state index contributed by atoms with van der Waals surface area (Å²) in [6.07, 6.45) is 0. The molecule has 7 nitrogen and oxygen atoms in total. The van der Waals surface area contributed by atoms with Crippen LogP contribution in [0.4, 0.5) is 4.79 Å². The predicted octanol–water partition coefficient (Wildman–Crippen LogP) is 3.83. The molecule has 1 aromatic heterocycles. The first-order valence-corrected chi connectivity index (χ1v) is 10.1. The van der Waals surface area contributed by atoms with E-state index in [-0.39, 0.29) is 0 Å². The van der Waals surface area contributed by atoms with E-state index in [1.54, 1.807) is 19.1 Å². The summed E-state index contributed by atoms with van der Waals surface area (Å²) in [7, 11) is 1.45. The molecular formula is C20H20ClN5O2S. The van der Waals surface area contributed by atoms with Crippen LogP contribution in [0, 0.1) is 6.92 Å². The lowest BCUT2D eigenvalue weighted by Gasteiger charge is -2.14. The number of thioether (sulfide) groups is 1. The van der Waals surface area contributed by atoms with Crippen LogP contribution in [0.2, 0.25) is 5.02 Å². The van der Waals surface area contributed by atoms with Crippen LogP contribution in [0.3, 0.4) is 0 Å². The molecule has 3 aromatic rings. The summed E-state index contributed by atoms with van der Waals surface area (Å²) in [6.45, 7) is 3.71. The van der Waals surface area contributed by atoms with Crippen molar-refractivity contribution in [1.82, 2.24) is 25.4 Å². The van der Waals surface area contributed by atoms with Gasteiger partial charge in [-0.1, -0.05) is 35.5 Å². The minimum absolute atomic E-state index is 0.416. The summed E-state index contributed by atoms with van der Waals surface area (Å²) >= 11 is 7.24. The van der Waals surface area contributed by atoms with E-state index in [2.05, 4.69) is 20.8 Å². The highest BCUT2D eigenvalue weighted by Gasteiger charge is 2.23. The third kappa shape index (κ3) is 4.96. The second kappa shape index (κ2) is 9.11. The molecule has 0 bridgehead atoms. The number of benzene rings is 2. The maximum Gasteiger partial charge on any atom is 0.321 e. The number of carbonyl (C=O) groups excluding carboxylic acids is 2. The molecule has 0 radical (unpaired) electrons. The van der Waals surface area contributed by atoms with Crippen LogP contribution in [-0.4, -0.2) is 39.0 Å². The summed E-state index contributed by atoms with van der Waals surface area (Å²) < 4.78 is 1.89. The number of urea groups is 1. The van der Waals surface area contributed by atoms with E-state index in [0.717, 1.165) is 16.8 Å². The Kier molecular flexibility index (Phi) is 6.56. The number of aromatic nitrogens is 3. The third-order valence-corrected chi connectivity index (χ3v) is 5.41. The summed E-state index contributed by atoms with van der Waals surface area (Å²) in [5.41, 5.74) is 2.80. The molecule has 2 aromatic carbocycles. The average molecular weight is 430 g/mol. The Morgan fingerprint density at radius 1 is 1.14 bits per heavy atom. The van der Waals surface area contributed by atoms with Crippen molar-refractivity contribution in [3.05, 3.63) is 59.1 Å². The standard InChI is InChI=1S/C20H20ClN5O2S/c1-12-5-4-6-16(11-12)26-17(14-7-9-15(21)10-8-14)24-25-20(26)29-13(2)18(27)23-19(28)22-3/h4-11,13H,1-3H3,(H2,22,23,27,28). The highest BCUT2D eigenvalue weighted by atomic mass is 35.5. The normalized spacial score (nSPS) is 11.7. The molecule has 1 unspecified atom stereocenters. The van der Waals surface area contributed by atoms with Crippen molar-refractivity contribution in [3.63, 3.8) is 0 Å². The molecule has 1 atom stereocenters. The minimum atomic E-state index is -0.557. The fraction of sp³-hybridized carbons (Fsp3) is 0.200. The molecule has 0 aliphatic heterocycles. The van der Waals surface area contributed by atoms with Crippen molar-refractivity contribution in [2.45, 2.75) is 24.3 Å². The van der Waals surface area contributed by atoms with Crippen LogP contribution in [0.25, 0.3) is 17.1 Å². The van der Waals surface area contributed by atoms with E-state index in [1.807, 2.05) is 47.9 Å². The number of hydrogen-bond acceptors (Lipinski definition) is 5. The van der Waals surface area contributed by atoms with Crippen molar-refractivity contribution in [3.8, 4) is 17.1 Å². The Hall–Kier alpha value is -2.84. The molecule has 150 valence electrons. The van der Waals surface area contributed by atoms with E-state index in [0.29, 0.717) is 16.0 Å². The van der Waals surface area contributed by atoms with E-state index in [9.17, 15) is 9.59 Å². The maximum atomic E-state index is 12.3. The van der Waals surface area contributed by atoms with Gasteiger partial charge >= 0.3 is 6.03 Å². The quantitative estimate of drug-likeness (QED) is 0.601. The van der Waals surface area contributed by atoms with Crippen molar-refractivity contribution < 1.29 is 9.59 Å². The Morgan fingerprint density at radius 3 is 2.52 bits per heavy atom. The highest BCUT2D eigenvalue weighted by molar-refractivity contribution is 8.00. The monoisotopic (exact) mass is 429 g/mol. The van der Waals surface area contributed by atoms with E-state index in [1.165, 1.54) is 18.8 Å². The molecule has 29 heavy (non-hydrogen) atoms. The lowest BCUT2D eigenvalue weighted by atomic mass is 10.2. The molecular weight excluding hydrogens is 410 g/mol. The number of hydrogen-bond donors (Lipinski definition) is 2. The van der Waals surface area contributed by atoms with Crippen molar-refractivity contribution >= 4 is 35.3 Å². The Labute approximate surface area is 177 Å². The minimum Gasteiger partial charge on any atom is -0.341 e. The van der Waals surface area contributed by atoms with Crippen LogP contribution in [-0.2, 0) is 4.79 Å². The van der Waals surface area contributed by atoms with Gasteiger partial charge < -0.3 is 5.32 Å². The fourth-order valence-electron chi connectivity index (χ4n) is 2.62. The molecule has 3 rings (SSSR count). The summed E-state index contributed by atoms with van der Waals surface area (Å²) in [6, 6.07) is 14.7. The second-order valence-electron chi connectivity index (χ2n) is 6.32. The largest absolute Gasteiger partial charge is 0.341 e. The molecule has 9 heteroatoms. The number of aryl methyl sites for hydroxylation is 1. The topological polar surface area (TPSA) is 88.9 Å². The van der Waals surface area contributed by atoms with Crippen molar-refractivity contribution in [2.75, 3.05) is 7.05 Å². The van der Waals surface area contributed by atoms with Gasteiger partial charge in [0.05, 0.1) is 5.25 Å². The van der Waals surface area contributed by atoms with Gasteiger partial charge in [0.15, 0.2) is 11.0 Å². The van der Waals surface area contributed by atoms with Crippen LogP contribution in [0.1, 0.15) is 12.5 Å². The first-order chi connectivity index (χ1) is 13.9. The first kappa shape index (κ1) is 20.9. The first-order valence-electron chi connectivity index (χ1n) is 8.86. The molecule has 0 aliphatic carbocycles. The van der Waals surface area contributed by atoms with Gasteiger partial charge in [-0.25, -0.2) is 4.79 Å². The zero-order valence-corrected chi connectivity index (χ0v) is 17.7. The lowest BCUT2D eigenvalue weighted by molar-refractivity contribution is -0.119. The third-order valence-electron chi connectivity index (χ3n) is 4.11. The van der Waals surface area contributed by atoms with Gasteiger partial charge in [-0.15, -0.1) is 10.2 Å².